The van der Waals surface area contributed by atoms with Crippen LogP contribution in [-0.2, 0) is 5.60 Å². The van der Waals surface area contributed by atoms with Crippen LogP contribution in [0.1, 0.15) is 18.4 Å². The molecule has 0 aromatic heterocycles. The van der Waals surface area contributed by atoms with Crippen LogP contribution in [0.15, 0.2) is 41.0 Å². The molecule has 0 bridgehead atoms. The minimum Gasteiger partial charge on any atom is -0.456 e. The van der Waals surface area contributed by atoms with Gasteiger partial charge < -0.3 is 14.7 Å². The summed E-state index contributed by atoms with van der Waals surface area (Å²) in [7, 11) is 3.75. The molecule has 0 spiro atoms. The third kappa shape index (κ3) is 3.63. The molecule has 3 nitrogen and oxygen atoms in total. The van der Waals surface area contributed by atoms with Gasteiger partial charge in [-0.2, -0.15) is 13.2 Å². The van der Waals surface area contributed by atoms with Gasteiger partial charge in [0.1, 0.15) is 28.2 Å². The molecule has 0 aliphatic carbocycles. The second-order valence-electron chi connectivity index (χ2n) is 6.64. The zero-order chi connectivity index (χ0) is 19.1. The first-order chi connectivity index (χ1) is 12.1. The molecule has 2 aliphatic heterocycles. The van der Waals surface area contributed by atoms with Crippen molar-refractivity contribution in [3.05, 3.63) is 52.4 Å². The number of allylic oxidation sites excluding steroid dienone is 1. The molecular weight excluding hydrogens is 370 g/mol. The third-order valence-corrected chi connectivity index (χ3v) is 5.80. The highest BCUT2D eigenvalue weighted by atomic mass is 32.2. The molecule has 2 unspecified atom stereocenters. The maximum atomic E-state index is 13.6. The monoisotopic (exact) mass is 389 g/mol. The number of nitrogens with zero attached hydrogens (tertiary/aromatic N) is 1. The Morgan fingerprint density at radius 2 is 2.04 bits per heavy atom. The SMILES string of the molecule is CN(C)CCCC1(O)C2=C(C=CC(C(F)(F)F)S2)Oc2cc(F)ccc21. The molecule has 26 heavy (non-hydrogen) atoms. The van der Waals surface area contributed by atoms with Gasteiger partial charge in [-0.25, -0.2) is 4.39 Å². The third-order valence-electron chi connectivity index (χ3n) is 4.34. The largest absolute Gasteiger partial charge is 0.456 e. The van der Waals surface area contributed by atoms with Crippen LogP contribution in [-0.4, -0.2) is 42.1 Å². The Bertz CT molecular complexity index is 760. The highest BCUT2D eigenvalue weighted by molar-refractivity contribution is 8.04. The maximum Gasteiger partial charge on any atom is 0.404 e. The number of hydrogen-bond acceptors (Lipinski definition) is 4. The van der Waals surface area contributed by atoms with Crippen LogP contribution < -0.4 is 4.74 Å². The molecule has 1 N–H and O–H groups in total. The molecule has 8 heteroatoms. The normalized spacial score (nSPS) is 25.2. The summed E-state index contributed by atoms with van der Waals surface area (Å²) < 4.78 is 58.7. The molecule has 2 aliphatic rings. The van der Waals surface area contributed by atoms with Crippen LogP contribution in [0, 0.1) is 5.82 Å². The molecule has 142 valence electrons. The average molecular weight is 389 g/mol. The second kappa shape index (κ2) is 6.90. The lowest BCUT2D eigenvalue weighted by molar-refractivity contribution is -0.120. The van der Waals surface area contributed by atoms with E-state index in [4.69, 9.17) is 4.74 Å². The lowest BCUT2D eigenvalue weighted by Crippen LogP contribution is -2.37. The molecule has 0 radical (unpaired) electrons. The first kappa shape index (κ1) is 19.3. The Balaban J connectivity index is 2.01. The number of fused-ring (bicyclic) bond motifs is 1. The van der Waals surface area contributed by atoms with Crippen molar-refractivity contribution in [2.75, 3.05) is 20.6 Å². The zero-order valence-electron chi connectivity index (χ0n) is 14.3. The van der Waals surface area contributed by atoms with Crippen LogP contribution in [0.25, 0.3) is 0 Å². The van der Waals surface area contributed by atoms with E-state index in [1.54, 1.807) is 0 Å². The van der Waals surface area contributed by atoms with E-state index in [1.165, 1.54) is 18.2 Å². The van der Waals surface area contributed by atoms with E-state index >= 15 is 0 Å². The summed E-state index contributed by atoms with van der Waals surface area (Å²) in [6.07, 6.45) is -1.47. The van der Waals surface area contributed by atoms with Gasteiger partial charge in [-0.15, -0.1) is 11.8 Å². The van der Waals surface area contributed by atoms with Gasteiger partial charge in [0.25, 0.3) is 0 Å². The van der Waals surface area contributed by atoms with E-state index in [0.717, 1.165) is 12.1 Å². The van der Waals surface area contributed by atoms with Gasteiger partial charge in [0, 0.05) is 11.6 Å². The van der Waals surface area contributed by atoms with Crippen LogP contribution >= 0.6 is 11.8 Å². The van der Waals surface area contributed by atoms with Gasteiger partial charge in [0.15, 0.2) is 0 Å². The van der Waals surface area contributed by atoms with Crippen molar-refractivity contribution in [2.24, 2.45) is 0 Å². The number of rotatable bonds is 4. The first-order valence-corrected chi connectivity index (χ1v) is 9.00. The molecule has 2 heterocycles. The average Bonchev–Trinajstić information content (AvgIpc) is 2.53. The van der Waals surface area contributed by atoms with Crippen molar-refractivity contribution < 1.29 is 27.4 Å². The van der Waals surface area contributed by atoms with Crippen molar-refractivity contribution >= 4 is 11.8 Å². The number of thioether (sulfide) groups is 1. The standard InChI is InChI=1S/C18H19F4NO2S/c1-23(2)9-3-8-17(24)12-5-4-11(19)10-14(12)25-13-6-7-15(18(20,21)22)26-16(13)17/h4-7,10,15,24H,3,8-9H2,1-2H3. The Morgan fingerprint density at radius 3 is 2.69 bits per heavy atom. The topological polar surface area (TPSA) is 32.7 Å². The van der Waals surface area contributed by atoms with Crippen LogP contribution in [0.2, 0.25) is 0 Å². The summed E-state index contributed by atoms with van der Waals surface area (Å²) >= 11 is 0.541. The zero-order valence-corrected chi connectivity index (χ0v) is 15.1. The second-order valence-corrected chi connectivity index (χ2v) is 7.79. The minimum absolute atomic E-state index is 0.125. The predicted octanol–water partition coefficient (Wildman–Crippen LogP) is 4.19. The van der Waals surface area contributed by atoms with E-state index in [9.17, 15) is 22.7 Å². The van der Waals surface area contributed by atoms with Gasteiger partial charge in [-0.05, 0) is 51.7 Å². The fourth-order valence-electron chi connectivity index (χ4n) is 3.09. The summed E-state index contributed by atoms with van der Waals surface area (Å²) in [6.45, 7) is 0.658. The van der Waals surface area contributed by atoms with Gasteiger partial charge in [0.2, 0.25) is 0 Å². The Morgan fingerprint density at radius 1 is 1.31 bits per heavy atom. The van der Waals surface area contributed by atoms with Crippen molar-refractivity contribution in [1.82, 2.24) is 4.90 Å². The van der Waals surface area contributed by atoms with Crippen LogP contribution in [0.4, 0.5) is 17.6 Å². The number of aliphatic hydroxyl groups is 1. The summed E-state index contributed by atoms with van der Waals surface area (Å²) in [5, 5.41) is 9.65. The molecule has 1 aromatic carbocycles. The smallest absolute Gasteiger partial charge is 0.404 e. The molecular formula is C18H19F4NO2S. The van der Waals surface area contributed by atoms with Gasteiger partial charge in [-0.1, -0.05) is 6.08 Å². The highest BCUT2D eigenvalue weighted by Gasteiger charge is 2.49. The lowest BCUT2D eigenvalue weighted by atomic mass is 9.85. The van der Waals surface area contributed by atoms with Crippen LogP contribution in [0.5, 0.6) is 5.75 Å². The van der Waals surface area contributed by atoms with E-state index in [-0.39, 0.29) is 22.8 Å². The molecule has 0 fully saturated rings. The summed E-state index contributed by atoms with van der Waals surface area (Å²) in [5.74, 6) is -0.267. The predicted molar refractivity (Wildman–Crippen MR) is 92.3 cm³/mol. The summed E-state index contributed by atoms with van der Waals surface area (Å²) in [5.41, 5.74) is -1.36. The fourth-order valence-corrected chi connectivity index (χ4v) is 4.27. The molecule has 2 atom stereocenters. The molecule has 0 saturated carbocycles. The van der Waals surface area contributed by atoms with Crippen molar-refractivity contribution in [2.45, 2.75) is 29.9 Å². The highest BCUT2D eigenvalue weighted by Crippen LogP contribution is 2.54. The van der Waals surface area contributed by atoms with Crippen molar-refractivity contribution in [1.29, 1.82) is 0 Å². The number of benzene rings is 1. The van der Waals surface area contributed by atoms with E-state index < -0.39 is 22.8 Å². The molecule has 3 rings (SSSR count). The Labute approximate surface area is 153 Å². The number of halogens is 4. The maximum absolute atomic E-state index is 13.6. The van der Waals surface area contributed by atoms with Crippen molar-refractivity contribution in [3.63, 3.8) is 0 Å². The minimum atomic E-state index is -4.44. The van der Waals surface area contributed by atoms with E-state index in [0.29, 0.717) is 30.3 Å². The molecule has 1 aromatic rings. The van der Waals surface area contributed by atoms with E-state index in [1.807, 2.05) is 19.0 Å². The van der Waals surface area contributed by atoms with Gasteiger partial charge in [-0.3, -0.25) is 0 Å². The van der Waals surface area contributed by atoms with Gasteiger partial charge in [0.05, 0.1) is 4.91 Å². The van der Waals surface area contributed by atoms with Crippen LogP contribution in [0.3, 0.4) is 0 Å². The fraction of sp³-hybridized carbons (Fsp3) is 0.444. The van der Waals surface area contributed by atoms with E-state index in [2.05, 4.69) is 0 Å². The number of hydrogen-bond donors (Lipinski definition) is 1. The van der Waals surface area contributed by atoms with Crippen molar-refractivity contribution in [3.8, 4) is 5.75 Å². The first-order valence-electron chi connectivity index (χ1n) is 8.12. The lowest BCUT2D eigenvalue weighted by Gasteiger charge is -2.39. The molecule has 0 saturated heterocycles. The quantitative estimate of drug-likeness (QED) is 0.783. The molecule has 0 amide bonds. The number of ether oxygens (including phenoxy) is 1. The Kier molecular flexibility index (Phi) is 5.11. The summed E-state index contributed by atoms with van der Waals surface area (Å²) in [4.78, 5) is 2.05. The number of alkyl halides is 3. The summed E-state index contributed by atoms with van der Waals surface area (Å²) in [6, 6.07) is 3.70. The van der Waals surface area contributed by atoms with Gasteiger partial charge >= 0.3 is 6.18 Å². The Hall–Kier alpha value is -1.51.